The van der Waals surface area contributed by atoms with Crippen molar-refractivity contribution in [3.05, 3.63) is 71.3 Å². The van der Waals surface area contributed by atoms with Gasteiger partial charge in [-0.2, -0.15) is 0 Å². The Morgan fingerprint density at radius 3 is 2.43 bits per heavy atom. The van der Waals surface area contributed by atoms with Crippen LogP contribution in [0.2, 0.25) is 0 Å². The van der Waals surface area contributed by atoms with E-state index in [0.717, 1.165) is 17.3 Å². The third kappa shape index (κ3) is 2.19. The predicted molar refractivity (Wildman–Crippen MR) is 85.3 cm³/mol. The van der Waals surface area contributed by atoms with Crippen LogP contribution in [0.1, 0.15) is 27.9 Å². The molecule has 0 aliphatic carbocycles. The standard InChI is InChI=1S/C17H16BrNO2/c18-11-6-12-19-16(20)14-9-4-5-10-15(14)17(19,21)13-7-2-1-3-8-13/h1-5,7-10,21H,6,11-12H2. The third-order valence-electron chi connectivity index (χ3n) is 3.86. The molecule has 0 radical (unpaired) electrons. The van der Waals surface area contributed by atoms with Crippen LogP contribution in [-0.4, -0.2) is 27.8 Å². The molecule has 0 saturated carbocycles. The van der Waals surface area contributed by atoms with E-state index in [1.807, 2.05) is 48.5 Å². The van der Waals surface area contributed by atoms with Crippen molar-refractivity contribution in [2.75, 3.05) is 11.9 Å². The fraction of sp³-hybridized carbons (Fsp3) is 0.235. The van der Waals surface area contributed by atoms with Gasteiger partial charge in [-0.3, -0.25) is 4.79 Å². The second-order valence-corrected chi connectivity index (χ2v) is 5.88. The molecular weight excluding hydrogens is 330 g/mol. The maximum atomic E-state index is 12.6. The molecule has 2 aromatic rings. The molecule has 3 nitrogen and oxygen atoms in total. The maximum Gasteiger partial charge on any atom is 0.257 e. The molecule has 0 fully saturated rings. The molecule has 1 N–H and O–H groups in total. The molecule has 0 spiro atoms. The first-order valence-corrected chi connectivity index (χ1v) is 8.07. The van der Waals surface area contributed by atoms with E-state index in [2.05, 4.69) is 15.9 Å². The average Bonchev–Trinajstić information content (AvgIpc) is 2.76. The van der Waals surface area contributed by atoms with Gasteiger partial charge in [-0.1, -0.05) is 64.5 Å². The Morgan fingerprint density at radius 2 is 1.71 bits per heavy atom. The van der Waals surface area contributed by atoms with Crippen molar-refractivity contribution < 1.29 is 9.90 Å². The van der Waals surface area contributed by atoms with E-state index in [9.17, 15) is 9.90 Å². The van der Waals surface area contributed by atoms with Gasteiger partial charge in [0.15, 0.2) is 5.72 Å². The van der Waals surface area contributed by atoms with E-state index in [4.69, 9.17) is 0 Å². The van der Waals surface area contributed by atoms with Crippen LogP contribution in [0.15, 0.2) is 54.6 Å². The van der Waals surface area contributed by atoms with Crippen LogP contribution in [0.5, 0.6) is 0 Å². The number of amides is 1. The molecule has 21 heavy (non-hydrogen) atoms. The fourth-order valence-corrected chi connectivity index (χ4v) is 3.13. The van der Waals surface area contributed by atoms with Gasteiger partial charge < -0.3 is 10.0 Å². The van der Waals surface area contributed by atoms with Gasteiger partial charge in [-0.05, 0) is 12.5 Å². The molecule has 0 aromatic heterocycles. The van der Waals surface area contributed by atoms with E-state index in [-0.39, 0.29) is 5.91 Å². The van der Waals surface area contributed by atoms with E-state index in [1.54, 1.807) is 11.0 Å². The van der Waals surface area contributed by atoms with Crippen molar-refractivity contribution in [3.63, 3.8) is 0 Å². The van der Waals surface area contributed by atoms with Crippen molar-refractivity contribution in [2.24, 2.45) is 0 Å². The summed E-state index contributed by atoms with van der Waals surface area (Å²) in [5, 5.41) is 12.2. The van der Waals surface area contributed by atoms with Gasteiger partial charge in [0.05, 0.1) is 0 Å². The summed E-state index contributed by atoms with van der Waals surface area (Å²) in [6.07, 6.45) is 0.787. The van der Waals surface area contributed by atoms with Crippen molar-refractivity contribution in [2.45, 2.75) is 12.1 Å². The van der Waals surface area contributed by atoms with Gasteiger partial charge in [-0.15, -0.1) is 0 Å². The van der Waals surface area contributed by atoms with Crippen LogP contribution < -0.4 is 0 Å². The SMILES string of the molecule is O=C1c2ccccc2C(O)(c2ccccc2)N1CCCBr. The first-order chi connectivity index (χ1) is 10.2. The minimum absolute atomic E-state index is 0.113. The van der Waals surface area contributed by atoms with Crippen molar-refractivity contribution >= 4 is 21.8 Å². The number of fused-ring (bicyclic) bond motifs is 1. The lowest BCUT2D eigenvalue weighted by Crippen LogP contribution is -2.45. The molecule has 1 aliphatic heterocycles. The van der Waals surface area contributed by atoms with E-state index in [1.165, 1.54) is 0 Å². The molecule has 1 atom stereocenters. The highest BCUT2D eigenvalue weighted by molar-refractivity contribution is 9.09. The zero-order valence-electron chi connectivity index (χ0n) is 11.5. The monoisotopic (exact) mass is 345 g/mol. The van der Waals surface area contributed by atoms with Crippen molar-refractivity contribution in [1.29, 1.82) is 0 Å². The Balaban J connectivity index is 2.15. The number of hydrogen-bond donors (Lipinski definition) is 1. The molecule has 0 bridgehead atoms. The minimum atomic E-state index is -1.38. The van der Waals surface area contributed by atoms with Gasteiger partial charge >= 0.3 is 0 Å². The summed E-state index contributed by atoms with van der Waals surface area (Å²) in [6, 6.07) is 16.7. The second kappa shape index (κ2) is 5.62. The zero-order valence-corrected chi connectivity index (χ0v) is 13.1. The highest BCUT2D eigenvalue weighted by Gasteiger charge is 2.49. The lowest BCUT2D eigenvalue weighted by molar-refractivity contribution is -0.0496. The molecule has 108 valence electrons. The van der Waals surface area contributed by atoms with Crippen LogP contribution in [0.3, 0.4) is 0 Å². The quantitative estimate of drug-likeness (QED) is 0.865. The van der Waals surface area contributed by atoms with E-state index < -0.39 is 5.72 Å². The predicted octanol–water partition coefficient (Wildman–Crippen LogP) is 3.12. The topological polar surface area (TPSA) is 40.5 Å². The Kier molecular flexibility index (Phi) is 3.83. The number of aliphatic hydroxyl groups is 1. The smallest absolute Gasteiger partial charge is 0.257 e. The average molecular weight is 346 g/mol. The summed E-state index contributed by atoms with van der Waals surface area (Å²) >= 11 is 3.39. The molecule has 1 amide bonds. The van der Waals surface area contributed by atoms with Crippen LogP contribution >= 0.6 is 15.9 Å². The fourth-order valence-electron chi connectivity index (χ4n) is 2.87. The van der Waals surface area contributed by atoms with Crippen LogP contribution in [0.4, 0.5) is 0 Å². The Hall–Kier alpha value is -1.65. The molecule has 1 unspecified atom stereocenters. The highest BCUT2D eigenvalue weighted by atomic mass is 79.9. The van der Waals surface area contributed by atoms with Gasteiger partial charge in [0.25, 0.3) is 5.91 Å². The van der Waals surface area contributed by atoms with E-state index >= 15 is 0 Å². The van der Waals surface area contributed by atoms with Crippen LogP contribution in [0.25, 0.3) is 0 Å². The second-order valence-electron chi connectivity index (χ2n) is 5.08. The number of alkyl halides is 1. The van der Waals surface area contributed by atoms with Crippen LogP contribution in [0, 0.1) is 0 Å². The Morgan fingerprint density at radius 1 is 1.05 bits per heavy atom. The first-order valence-electron chi connectivity index (χ1n) is 6.95. The van der Waals surface area contributed by atoms with Gasteiger partial charge in [0, 0.05) is 28.6 Å². The Bertz CT molecular complexity index is 659. The van der Waals surface area contributed by atoms with Crippen LogP contribution in [-0.2, 0) is 5.72 Å². The van der Waals surface area contributed by atoms with Gasteiger partial charge in [0.1, 0.15) is 0 Å². The maximum absolute atomic E-state index is 12.6. The third-order valence-corrected chi connectivity index (χ3v) is 4.42. The number of halogens is 1. The number of hydrogen-bond acceptors (Lipinski definition) is 2. The molecule has 1 heterocycles. The molecule has 1 aliphatic rings. The van der Waals surface area contributed by atoms with Crippen molar-refractivity contribution in [3.8, 4) is 0 Å². The molecule has 3 rings (SSSR count). The van der Waals surface area contributed by atoms with Crippen molar-refractivity contribution in [1.82, 2.24) is 4.90 Å². The minimum Gasteiger partial charge on any atom is -0.363 e. The lowest BCUT2D eigenvalue weighted by atomic mass is 9.94. The highest BCUT2D eigenvalue weighted by Crippen LogP contribution is 2.41. The molecule has 4 heteroatoms. The summed E-state index contributed by atoms with van der Waals surface area (Å²) in [4.78, 5) is 14.2. The first kappa shape index (κ1) is 14.3. The number of rotatable bonds is 4. The summed E-state index contributed by atoms with van der Waals surface area (Å²) in [6.45, 7) is 0.504. The lowest BCUT2D eigenvalue weighted by Gasteiger charge is -2.34. The zero-order chi connectivity index (χ0) is 14.9. The molecule has 0 saturated heterocycles. The number of carbonyl (C=O) groups is 1. The summed E-state index contributed by atoms with van der Waals surface area (Å²) in [5.41, 5.74) is 0.587. The Labute approximate surface area is 132 Å². The van der Waals surface area contributed by atoms with Gasteiger partial charge in [-0.25, -0.2) is 0 Å². The number of nitrogens with zero attached hydrogens (tertiary/aromatic N) is 1. The molecular formula is C17H16BrNO2. The van der Waals surface area contributed by atoms with E-state index in [0.29, 0.717) is 17.7 Å². The molecule has 2 aromatic carbocycles. The number of benzene rings is 2. The summed E-state index contributed by atoms with van der Waals surface area (Å²) in [7, 11) is 0. The normalized spacial score (nSPS) is 20.7. The summed E-state index contributed by atoms with van der Waals surface area (Å²) < 4.78 is 0. The largest absolute Gasteiger partial charge is 0.363 e. The number of carbonyl (C=O) groups excluding carboxylic acids is 1. The summed E-state index contributed by atoms with van der Waals surface area (Å²) in [5.74, 6) is -0.113. The van der Waals surface area contributed by atoms with Gasteiger partial charge in [0.2, 0.25) is 0 Å².